The number of nitrogens with zero attached hydrogens (tertiary/aromatic N) is 2. The first-order valence-electron chi connectivity index (χ1n) is 10.4. The largest absolute Gasteiger partial charge is 0.497 e. The topological polar surface area (TPSA) is 67.6 Å². The van der Waals surface area contributed by atoms with Crippen molar-refractivity contribution in [1.29, 1.82) is 0 Å². The highest BCUT2D eigenvalue weighted by Gasteiger charge is 2.25. The van der Waals surface area contributed by atoms with Crippen LogP contribution in [0.4, 0.5) is 4.39 Å². The Morgan fingerprint density at radius 3 is 2.74 bits per heavy atom. The second kappa shape index (κ2) is 9.75. The highest BCUT2D eigenvalue weighted by molar-refractivity contribution is 5.91. The van der Waals surface area contributed by atoms with Crippen LogP contribution in [-0.4, -0.2) is 29.4 Å². The van der Waals surface area contributed by atoms with E-state index >= 15 is 0 Å². The molecule has 1 fully saturated rings. The molecule has 0 saturated heterocycles. The molecule has 4 rings (SSSR count). The highest BCUT2D eigenvalue weighted by atomic mass is 19.1. The summed E-state index contributed by atoms with van der Waals surface area (Å²) in [5.41, 5.74) is 2.21. The SMILES string of the molecule is COc1cccc(CN(Cc2nc(C(=O)NCc3ccc(F)cc3)co2)CC2CC2)c1. The van der Waals surface area contributed by atoms with Gasteiger partial charge in [-0.2, -0.15) is 0 Å². The van der Waals surface area contributed by atoms with Gasteiger partial charge in [-0.3, -0.25) is 9.69 Å². The standard InChI is InChI=1S/C24H26FN3O3/c1-30-21-4-2-3-19(11-21)14-28(13-18-5-6-18)15-23-27-22(16-31-23)24(29)26-12-17-7-9-20(25)10-8-17/h2-4,7-11,16,18H,5-6,12-15H2,1H3,(H,26,29). The van der Waals surface area contributed by atoms with Crippen LogP contribution in [0.2, 0.25) is 0 Å². The van der Waals surface area contributed by atoms with E-state index in [4.69, 9.17) is 9.15 Å². The van der Waals surface area contributed by atoms with Crippen LogP contribution in [0.3, 0.4) is 0 Å². The first-order valence-corrected chi connectivity index (χ1v) is 10.4. The van der Waals surface area contributed by atoms with Crippen LogP contribution in [-0.2, 0) is 19.6 Å². The maximum Gasteiger partial charge on any atom is 0.273 e. The van der Waals surface area contributed by atoms with Crippen LogP contribution in [0.25, 0.3) is 0 Å². The lowest BCUT2D eigenvalue weighted by Gasteiger charge is -2.21. The lowest BCUT2D eigenvalue weighted by atomic mass is 10.2. The van der Waals surface area contributed by atoms with Gasteiger partial charge in [0, 0.05) is 19.6 Å². The normalized spacial score (nSPS) is 13.4. The summed E-state index contributed by atoms with van der Waals surface area (Å²) >= 11 is 0. The molecule has 1 amide bonds. The van der Waals surface area contributed by atoms with E-state index in [1.165, 1.54) is 31.2 Å². The second-order valence-electron chi connectivity index (χ2n) is 7.90. The van der Waals surface area contributed by atoms with Crippen molar-refractivity contribution in [3.05, 3.63) is 83.3 Å². The van der Waals surface area contributed by atoms with Gasteiger partial charge in [0.2, 0.25) is 5.89 Å². The molecule has 0 unspecified atom stereocenters. The van der Waals surface area contributed by atoms with Gasteiger partial charge in [0.1, 0.15) is 17.8 Å². The van der Waals surface area contributed by atoms with Gasteiger partial charge in [0.15, 0.2) is 5.69 Å². The van der Waals surface area contributed by atoms with Crippen LogP contribution < -0.4 is 10.1 Å². The van der Waals surface area contributed by atoms with Gasteiger partial charge in [0.05, 0.1) is 13.7 Å². The van der Waals surface area contributed by atoms with Crippen molar-refractivity contribution in [2.45, 2.75) is 32.5 Å². The van der Waals surface area contributed by atoms with Crippen molar-refractivity contribution >= 4 is 5.91 Å². The Bertz CT molecular complexity index is 1010. The minimum absolute atomic E-state index is 0.241. The summed E-state index contributed by atoms with van der Waals surface area (Å²) in [5.74, 6) is 1.43. The monoisotopic (exact) mass is 423 g/mol. The van der Waals surface area contributed by atoms with E-state index in [0.717, 1.165) is 30.0 Å². The van der Waals surface area contributed by atoms with Crippen molar-refractivity contribution in [2.24, 2.45) is 5.92 Å². The van der Waals surface area contributed by atoms with E-state index in [0.29, 0.717) is 24.9 Å². The number of ether oxygens (including phenoxy) is 1. The van der Waals surface area contributed by atoms with Crippen LogP contribution in [0.1, 0.15) is 40.3 Å². The Morgan fingerprint density at radius 1 is 1.19 bits per heavy atom. The highest BCUT2D eigenvalue weighted by Crippen LogP contribution is 2.31. The average Bonchev–Trinajstić information content (AvgIpc) is 3.47. The molecule has 1 saturated carbocycles. The summed E-state index contributed by atoms with van der Waals surface area (Å²) in [5, 5.41) is 2.78. The Labute approximate surface area is 181 Å². The first kappa shape index (κ1) is 21.1. The summed E-state index contributed by atoms with van der Waals surface area (Å²) in [6.07, 6.45) is 3.88. The number of rotatable bonds is 10. The van der Waals surface area contributed by atoms with Gasteiger partial charge in [0.25, 0.3) is 5.91 Å². The molecule has 2 aromatic carbocycles. The van der Waals surface area contributed by atoms with E-state index in [2.05, 4.69) is 21.3 Å². The number of oxazole rings is 1. The molecule has 0 atom stereocenters. The Kier molecular flexibility index (Phi) is 6.62. The predicted octanol–water partition coefficient (Wildman–Crippen LogP) is 4.16. The Balaban J connectivity index is 1.36. The molecule has 1 aliphatic carbocycles. The average molecular weight is 423 g/mol. The number of hydrogen-bond donors (Lipinski definition) is 1. The molecule has 0 radical (unpaired) electrons. The van der Waals surface area contributed by atoms with E-state index in [1.54, 1.807) is 19.2 Å². The fourth-order valence-corrected chi connectivity index (χ4v) is 3.43. The molecule has 162 valence electrons. The molecular weight excluding hydrogens is 397 g/mol. The van der Waals surface area contributed by atoms with Gasteiger partial charge < -0.3 is 14.5 Å². The van der Waals surface area contributed by atoms with Crippen molar-refractivity contribution in [2.75, 3.05) is 13.7 Å². The number of methoxy groups -OCH3 is 1. The third kappa shape index (κ3) is 6.15. The number of amides is 1. The Hall–Kier alpha value is -3.19. The lowest BCUT2D eigenvalue weighted by molar-refractivity contribution is 0.0945. The molecule has 6 nitrogen and oxygen atoms in total. The third-order valence-electron chi connectivity index (χ3n) is 5.26. The van der Waals surface area contributed by atoms with Gasteiger partial charge in [-0.05, 0) is 54.2 Å². The molecule has 1 N–H and O–H groups in total. The number of benzene rings is 2. The molecule has 0 aliphatic heterocycles. The molecular formula is C24H26FN3O3. The molecule has 7 heteroatoms. The maximum absolute atomic E-state index is 13.0. The van der Waals surface area contributed by atoms with Gasteiger partial charge >= 0.3 is 0 Å². The van der Waals surface area contributed by atoms with Gasteiger partial charge in [-0.25, -0.2) is 9.37 Å². The summed E-state index contributed by atoms with van der Waals surface area (Å²) in [4.78, 5) is 19.1. The van der Waals surface area contributed by atoms with Gasteiger partial charge in [-0.1, -0.05) is 24.3 Å². The third-order valence-corrected chi connectivity index (χ3v) is 5.26. The van der Waals surface area contributed by atoms with Crippen molar-refractivity contribution in [1.82, 2.24) is 15.2 Å². The molecule has 1 aliphatic rings. The molecule has 0 spiro atoms. The lowest BCUT2D eigenvalue weighted by Crippen LogP contribution is -2.26. The number of halogens is 1. The number of carbonyl (C=O) groups is 1. The van der Waals surface area contributed by atoms with E-state index in [9.17, 15) is 9.18 Å². The summed E-state index contributed by atoms with van der Waals surface area (Å²) < 4.78 is 23.9. The summed E-state index contributed by atoms with van der Waals surface area (Å²) in [7, 11) is 1.66. The minimum Gasteiger partial charge on any atom is -0.497 e. The zero-order valence-electron chi connectivity index (χ0n) is 17.5. The van der Waals surface area contributed by atoms with E-state index < -0.39 is 0 Å². The van der Waals surface area contributed by atoms with E-state index in [-0.39, 0.29) is 17.4 Å². The number of nitrogens with one attached hydrogen (secondary N) is 1. The second-order valence-corrected chi connectivity index (χ2v) is 7.90. The van der Waals surface area contributed by atoms with Crippen LogP contribution in [0.15, 0.2) is 59.2 Å². The maximum atomic E-state index is 13.0. The molecule has 0 bridgehead atoms. The zero-order valence-corrected chi connectivity index (χ0v) is 17.5. The number of aromatic nitrogens is 1. The Morgan fingerprint density at radius 2 is 2.00 bits per heavy atom. The van der Waals surface area contributed by atoms with Crippen LogP contribution >= 0.6 is 0 Å². The molecule has 1 heterocycles. The molecule has 1 aromatic heterocycles. The number of hydrogen-bond acceptors (Lipinski definition) is 5. The smallest absolute Gasteiger partial charge is 0.273 e. The van der Waals surface area contributed by atoms with Crippen molar-refractivity contribution < 1.29 is 18.3 Å². The number of carbonyl (C=O) groups excluding carboxylic acids is 1. The van der Waals surface area contributed by atoms with Crippen LogP contribution in [0.5, 0.6) is 5.75 Å². The quantitative estimate of drug-likeness (QED) is 0.530. The summed E-state index contributed by atoms with van der Waals surface area (Å²) in [6, 6.07) is 14.0. The molecule has 3 aromatic rings. The molecule has 31 heavy (non-hydrogen) atoms. The fraction of sp³-hybridized carbons (Fsp3) is 0.333. The zero-order chi connectivity index (χ0) is 21.6. The summed E-state index contributed by atoms with van der Waals surface area (Å²) in [6.45, 7) is 2.54. The van der Waals surface area contributed by atoms with Crippen LogP contribution in [0, 0.1) is 11.7 Å². The van der Waals surface area contributed by atoms with Crippen molar-refractivity contribution in [3.63, 3.8) is 0 Å². The fourth-order valence-electron chi connectivity index (χ4n) is 3.43. The minimum atomic E-state index is -0.319. The first-order chi connectivity index (χ1) is 15.1. The van der Waals surface area contributed by atoms with E-state index in [1.807, 2.05) is 18.2 Å². The van der Waals surface area contributed by atoms with Gasteiger partial charge in [-0.15, -0.1) is 0 Å². The van der Waals surface area contributed by atoms with Crippen molar-refractivity contribution in [3.8, 4) is 5.75 Å². The predicted molar refractivity (Wildman–Crippen MR) is 114 cm³/mol.